The summed E-state index contributed by atoms with van der Waals surface area (Å²) in [6.45, 7) is 5.53. The topological polar surface area (TPSA) is 38.3 Å². The summed E-state index contributed by atoms with van der Waals surface area (Å²) in [7, 11) is 0. The molecule has 1 atom stereocenters. The first-order valence-electron chi connectivity index (χ1n) is 7.29. The van der Waals surface area contributed by atoms with E-state index >= 15 is 0 Å². The summed E-state index contributed by atoms with van der Waals surface area (Å²) in [5, 5.41) is 3.30. The molecule has 0 aliphatic carbocycles. The average molecular weight is 318 g/mol. The Morgan fingerprint density at radius 1 is 1.05 bits per heavy atom. The molecule has 0 saturated carbocycles. The first kappa shape index (κ1) is 16.4. The molecular weight excluding hydrogens is 298 g/mol. The van der Waals surface area contributed by atoms with Gasteiger partial charge < -0.3 is 10.1 Å². The van der Waals surface area contributed by atoms with Gasteiger partial charge in [-0.2, -0.15) is 0 Å². The molecule has 0 spiro atoms. The van der Waals surface area contributed by atoms with Gasteiger partial charge in [-0.05, 0) is 44.0 Å². The smallest absolute Gasteiger partial charge is 0.260 e. The summed E-state index contributed by atoms with van der Waals surface area (Å²) in [6.07, 6.45) is -0.595. The van der Waals surface area contributed by atoms with Gasteiger partial charge >= 0.3 is 0 Å². The zero-order valence-corrected chi connectivity index (χ0v) is 13.7. The molecule has 116 valence electrons. The Hall–Kier alpha value is -2.00. The monoisotopic (exact) mass is 317 g/mol. The lowest BCUT2D eigenvalue weighted by Gasteiger charge is -2.17. The average Bonchev–Trinajstić information content (AvgIpc) is 2.49. The van der Waals surface area contributed by atoms with Gasteiger partial charge in [0.25, 0.3) is 5.91 Å². The fraction of sp³-hybridized carbons (Fsp3) is 0.278. The molecular formula is C18H20ClNO2. The van der Waals surface area contributed by atoms with Crippen molar-refractivity contribution < 1.29 is 9.53 Å². The maximum absolute atomic E-state index is 11.9. The predicted octanol–water partition coefficient (Wildman–Crippen LogP) is 4.30. The van der Waals surface area contributed by atoms with E-state index in [1.54, 1.807) is 13.0 Å². The molecule has 0 saturated heterocycles. The maximum atomic E-state index is 11.9. The summed E-state index contributed by atoms with van der Waals surface area (Å²) < 4.78 is 5.65. The van der Waals surface area contributed by atoms with E-state index in [0.717, 1.165) is 11.1 Å². The molecule has 22 heavy (non-hydrogen) atoms. The quantitative estimate of drug-likeness (QED) is 0.893. The fourth-order valence-electron chi connectivity index (χ4n) is 2.05. The summed E-state index contributed by atoms with van der Waals surface area (Å²) in [4.78, 5) is 11.9. The van der Waals surface area contributed by atoms with E-state index in [2.05, 4.69) is 5.32 Å². The second-order valence-electron chi connectivity index (χ2n) is 5.43. The molecule has 2 rings (SSSR count). The lowest BCUT2D eigenvalue weighted by Crippen LogP contribution is -2.40. The van der Waals surface area contributed by atoms with Crippen LogP contribution in [0.5, 0.6) is 5.75 Å². The summed E-state index contributed by atoms with van der Waals surface area (Å²) in [5.74, 6) is 0.353. The van der Waals surface area contributed by atoms with Gasteiger partial charge in [0.15, 0.2) is 6.10 Å². The Bertz CT molecular complexity index is 641. The van der Waals surface area contributed by atoms with E-state index in [1.807, 2.05) is 56.3 Å². The van der Waals surface area contributed by atoms with E-state index in [1.165, 1.54) is 0 Å². The minimum Gasteiger partial charge on any atom is -0.479 e. The van der Waals surface area contributed by atoms with Crippen LogP contribution in [-0.2, 0) is 4.79 Å². The molecule has 0 aliphatic heterocycles. The highest BCUT2D eigenvalue weighted by atomic mass is 35.5. The van der Waals surface area contributed by atoms with E-state index in [9.17, 15) is 4.79 Å². The normalized spacial score (nSPS) is 12.0. The number of carbonyl (C=O) groups excluding carboxylic acids is 1. The van der Waals surface area contributed by atoms with E-state index < -0.39 is 6.10 Å². The Morgan fingerprint density at radius 3 is 2.32 bits per heavy atom. The van der Waals surface area contributed by atoms with Gasteiger partial charge in [-0.25, -0.2) is 0 Å². The van der Waals surface area contributed by atoms with Gasteiger partial charge in [0, 0.05) is 6.04 Å². The van der Waals surface area contributed by atoms with Crippen LogP contribution in [0.1, 0.15) is 20.8 Å². The molecule has 0 unspecified atom stereocenters. The number of benzene rings is 2. The van der Waals surface area contributed by atoms with Crippen molar-refractivity contribution in [3.63, 3.8) is 0 Å². The second-order valence-corrected chi connectivity index (χ2v) is 5.84. The predicted molar refractivity (Wildman–Crippen MR) is 90.3 cm³/mol. The highest BCUT2D eigenvalue weighted by Crippen LogP contribution is 2.30. The molecule has 0 heterocycles. The van der Waals surface area contributed by atoms with Crippen molar-refractivity contribution in [3.05, 3.63) is 53.6 Å². The lowest BCUT2D eigenvalue weighted by atomic mass is 10.1. The molecule has 0 radical (unpaired) electrons. The minimum atomic E-state index is -0.595. The number of halogens is 1. The molecule has 2 aromatic carbocycles. The van der Waals surface area contributed by atoms with Crippen molar-refractivity contribution in [2.45, 2.75) is 32.9 Å². The molecule has 0 aliphatic rings. The number of carbonyl (C=O) groups is 1. The van der Waals surface area contributed by atoms with Crippen LogP contribution in [0.15, 0.2) is 48.5 Å². The summed E-state index contributed by atoms with van der Waals surface area (Å²) in [6, 6.07) is 15.6. The van der Waals surface area contributed by atoms with Gasteiger partial charge in [0.05, 0.1) is 5.02 Å². The Labute approximate surface area is 136 Å². The largest absolute Gasteiger partial charge is 0.479 e. The summed E-state index contributed by atoms with van der Waals surface area (Å²) >= 11 is 6.28. The zero-order valence-electron chi connectivity index (χ0n) is 13.0. The van der Waals surface area contributed by atoms with Crippen LogP contribution in [0.25, 0.3) is 11.1 Å². The molecule has 2 aromatic rings. The minimum absolute atomic E-state index is 0.0782. The van der Waals surface area contributed by atoms with Crippen LogP contribution in [0.4, 0.5) is 0 Å². The zero-order chi connectivity index (χ0) is 16.1. The lowest BCUT2D eigenvalue weighted by molar-refractivity contribution is -0.127. The standard InChI is InChI=1S/C18H20ClNO2/c1-12(2)20-18(21)13(3)22-17-10-9-15(11-16(17)19)14-7-5-4-6-8-14/h4-13H,1-3H3,(H,20,21)/t13-/m0/s1. The van der Waals surface area contributed by atoms with Crippen LogP contribution in [0, 0.1) is 0 Å². The molecule has 0 aromatic heterocycles. The van der Waals surface area contributed by atoms with E-state index in [4.69, 9.17) is 16.3 Å². The number of amides is 1. The molecule has 3 nitrogen and oxygen atoms in total. The van der Waals surface area contributed by atoms with Crippen LogP contribution in [0.3, 0.4) is 0 Å². The molecule has 0 fully saturated rings. The second kappa shape index (κ2) is 7.32. The first-order chi connectivity index (χ1) is 10.5. The number of rotatable bonds is 5. The number of hydrogen-bond acceptors (Lipinski definition) is 2. The van der Waals surface area contributed by atoms with Crippen LogP contribution in [0.2, 0.25) is 5.02 Å². The third-order valence-electron chi connectivity index (χ3n) is 3.14. The van der Waals surface area contributed by atoms with Crippen molar-refractivity contribution in [1.82, 2.24) is 5.32 Å². The van der Waals surface area contributed by atoms with Crippen molar-refractivity contribution in [2.75, 3.05) is 0 Å². The molecule has 4 heteroatoms. The third kappa shape index (κ3) is 4.25. The van der Waals surface area contributed by atoms with Crippen molar-refractivity contribution in [1.29, 1.82) is 0 Å². The number of hydrogen-bond donors (Lipinski definition) is 1. The third-order valence-corrected chi connectivity index (χ3v) is 3.44. The Morgan fingerprint density at radius 2 is 1.73 bits per heavy atom. The highest BCUT2D eigenvalue weighted by Gasteiger charge is 2.16. The molecule has 1 amide bonds. The van der Waals surface area contributed by atoms with Crippen LogP contribution < -0.4 is 10.1 Å². The summed E-state index contributed by atoms with van der Waals surface area (Å²) in [5.41, 5.74) is 2.10. The molecule has 1 N–H and O–H groups in total. The van der Waals surface area contributed by atoms with Gasteiger partial charge in [0.2, 0.25) is 0 Å². The van der Waals surface area contributed by atoms with Crippen molar-refractivity contribution >= 4 is 17.5 Å². The SMILES string of the molecule is CC(C)NC(=O)[C@H](C)Oc1ccc(-c2ccccc2)cc1Cl. The number of ether oxygens (including phenoxy) is 1. The fourth-order valence-corrected chi connectivity index (χ4v) is 2.28. The van der Waals surface area contributed by atoms with E-state index in [-0.39, 0.29) is 11.9 Å². The Balaban J connectivity index is 2.12. The van der Waals surface area contributed by atoms with Gasteiger partial charge in [-0.15, -0.1) is 0 Å². The highest BCUT2D eigenvalue weighted by molar-refractivity contribution is 6.32. The van der Waals surface area contributed by atoms with Gasteiger partial charge in [-0.1, -0.05) is 48.0 Å². The van der Waals surface area contributed by atoms with Gasteiger partial charge in [0.1, 0.15) is 5.75 Å². The van der Waals surface area contributed by atoms with Gasteiger partial charge in [-0.3, -0.25) is 4.79 Å². The molecule has 0 bridgehead atoms. The van der Waals surface area contributed by atoms with Crippen molar-refractivity contribution in [2.24, 2.45) is 0 Å². The van der Waals surface area contributed by atoms with Crippen molar-refractivity contribution in [3.8, 4) is 16.9 Å². The van der Waals surface area contributed by atoms with E-state index in [0.29, 0.717) is 10.8 Å². The number of nitrogens with one attached hydrogen (secondary N) is 1. The van der Waals surface area contributed by atoms with Crippen LogP contribution >= 0.6 is 11.6 Å². The maximum Gasteiger partial charge on any atom is 0.260 e. The first-order valence-corrected chi connectivity index (χ1v) is 7.67. The Kier molecular flexibility index (Phi) is 5.45. The van der Waals surface area contributed by atoms with Crippen LogP contribution in [-0.4, -0.2) is 18.1 Å².